The summed E-state index contributed by atoms with van der Waals surface area (Å²) in [6, 6.07) is 0. The van der Waals surface area contributed by atoms with Crippen LogP contribution in [0.15, 0.2) is 0 Å². The van der Waals surface area contributed by atoms with Crippen molar-refractivity contribution in [3.05, 3.63) is 0 Å². The molecule has 1 rings (SSSR count). The van der Waals surface area contributed by atoms with E-state index in [9.17, 15) is 16.8 Å². The fourth-order valence-corrected chi connectivity index (χ4v) is 2.70. The van der Waals surface area contributed by atoms with Crippen LogP contribution >= 0.6 is 0 Å². The number of rotatable bonds is 7. The van der Waals surface area contributed by atoms with Crippen LogP contribution in [0.25, 0.3) is 0 Å². The Hall–Kier alpha value is -0.220. The fourth-order valence-electron chi connectivity index (χ4n) is 1.88. The Morgan fingerprint density at radius 2 is 1.56 bits per heavy atom. The van der Waals surface area contributed by atoms with E-state index in [1.165, 1.54) is 0 Å². The van der Waals surface area contributed by atoms with Crippen molar-refractivity contribution in [2.45, 2.75) is 6.42 Å². The van der Waals surface area contributed by atoms with Crippen molar-refractivity contribution < 1.29 is 25.2 Å². The summed E-state index contributed by atoms with van der Waals surface area (Å²) >= 11 is 0. The zero-order chi connectivity index (χ0) is 13.8. The SMILES string of the molecule is CS(=O)(=O)OCC[C@@H]1CNC[C@@H]1COS(C)(=O)=O. The van der Waals surface area contributed by atoms with E-state index in [4.69, 9.17) is 4.18 Å². The molecule has 108 valence electrons. The second-order valence-electron chi connectivity index (χ2n) is 4.48. The lowest BCUT2D eigenvalue weighted by Crippen LogP contribution is -2.22. The summed E-state index contributed by atoms with van der Waals surface area (Å²) in [6.07, 6.45) is 2.57. The lowest BCUT2D eigenvalue weighted by molar-refractivity contribution is 0.207. The molecule has 0 radical (unpaired) electrons. The van der Waals surface area contributed by atoms with Gasteiger partial charge in [-0.05, 0) is 18.9 Å². The van der Waals surface area contributed by atoms with Gasteiger partial charge >= 0.3 is 0 Å². The Kier molecular flexibility index (Phi) is 5.53. The number of hydrogen-bond acceptors (Lipinski definition) is 7. The lowest BCUT2D eigenvalue weighted by Gasteiger charge is -2.17. The molecule has 0 aliphatic carbocycles. The molecule has 0 aromatic rings. The van der Waals surface area contributed by atoms with Crippen molar-refractivity contribution >= 4 is 20.2 Å². The molecule has 9 heteroatoms. The van der Waals surface area contributed by atoms with Crippen molar-refractivity contribution in [3.8, 4) is 0 Å². The van der Waals surface area contributed by atoms with Gasteiger partial charge in [0.1, 0.15) is 0 Å². The molecule has 1 N–H and O–H groups in total. The van der Waals surface area contributed by atoms with Gasteiger partial charge in [0.2, 0.25) is 0 Å². The Bertz CT molecular complexity index is 457. The maximum atomic E-state index is 10.9. The van der Waals surface area contributed by atoms with Gasteiger partial charge in [0.05, 0.1) is 25.7 Å². The third kappa shape index (κ3) is 6.64. The molecule has 1 heterocycles. The van der Waals surface area contributed by atoms with Crippen LogP contribution in [-0.2, 0) is 28.6 Å². The van der Waals surface area contributed by atoms with Gasteiger partial charge in [-0.25, -0.2) is 0 Å². The predicted octanol–water partition coefficient (Wildman–Crippen LogP) is -0.835. The first-order valence-electron chi connectivity index (χ1n) is 5.57. The predicted molar refractivity (Wildman–Crippen MR) is 66.1 cm³/mol. The van der Waals surface area contributed by atoms with E-state index in [0.29, 0.717) is 19.5 Å². The van der Waals surface area contributed by atoms with Crippen molar-refractivity contribution in [2.75, 3.05) is 38.8 Å². The number of nitrogens with one attached hydrogen (secondary N) is 1. The highest BCUT2D eigenvalue weighted by Crippen LogP contribution is 2.21. The minimum absolute atomic E-state index is 0.0582. The average Bonchev–Trinajstić information content (AvgIpc) is 2.59. The molecule has 0 unspecified atom stereocenters. The summed E-state index contributed by atoms with van der Waals surface area (Å²) in [6.45, 7) is 1.61. The van der Waals surface area contributed by atoms with E-state index in [0.717, 1.165) is 12.5 Å². The average molecular weight is 301 g/mol. The summed E-state index contributed by atoms with van der Waals surface area (Å²) in [5.41, 5.74) is 0. The minimum Gasteiger partial charge on any atom is -0.316 e. The van der Waals surface area contributed by atoms with E-state index in [1.807, 2.05) is 0 Å². The molecule has 0 aromatic carbocycles. The molecule has 0 spiro atoms. The van der Waals surface area contributed by atoms with Gasteiger partial charge in [0, 0.05) is 12.5 Å². The Labute approximate surface area is 108 Å². The highest BCUT2D eigenvalue weighted by atomic mass is 32.2. The van der Waals surface area contributed by atoms with Gasteiger partial charge in [0.15, 0.2) is 0 Å². The second kappa shape index (κ2) is 6.29. The molecule has 7 nitrogen and oxygen atoms in total. The first-order chi connectivity index (χ1) is 8.17. The van der Waals surface area contributed by atoms with Crippen molar-refractivity contribution in [3.63, 3.8) is 0 Å². The quantitative estimate of drug-likeness (QED) is 0.612. The molecule has 1 fully saturated rings. The van der Waals surface area contributed by atoms with Crippen LogP contribution in [0.2, 0.25) is 0 Å². The van der Waals surface area contributed by atoms with Crippen LogP contribution in [0.4, 0.5) is 0 Å². The minimum atomic E-state index is -3.43. The van der Waals surface area contributed by atoms with Gasteiger partial charge in [-0.2, -0.15) is 16.8 Å². The van der Waals surface area contributed by atoms with Gasteiger partial charge in [-0.15, -0.1) is 0 Å². The van der Waals surface area contributed by atoms with Crippen LogP contribution in [0.3, 0.4) is 0 Å². The monoisotopic (exact) mass is 301 g/mol. The van der Waals surface area contributed by atoms with Gasteiger partial charge in [0.25, 0.3) is 20.2 Å². The maximum Gasteiger partial charge on any atom is 0.264 e. The van der Waals surface area contributed by atoms with E-state index in [-0.39, 0.29) is 25.0 Å². The van der Waals surface area contributed by atoms with Gasteiger partial charge in [-0.1, -0.05) is 0 Å². The van der Waals surface area contributed by atoms with Crippen molar-refractivity contribution in [2.24, 2.45) is 11.8 Å². The van der Waals surface area contributed by atoms with Crippen LogP contribution in [0.5, 0.6) is 0 Å². The molecule has 1 saturated heterocycles. The zero-order valence-electron chi connectivity index (χ0n) is 10.5. The highest BCUT2D eigenvalue weighted by molar-refractivity contribution is 7.86. The largest absolute Gasteiger partial charge is 0.316 e. The van der Waals surface area contributed by atoms with Crippen LogP contribution < -0.4 is 5.32 Å². The summed E-state index contributed by atoms with van der Waals surface area (Å²) in [4.78, 5) is 0. The van der Waals surface area contributed by atoms with Crippen LogP contribution in [0.1, 0.15) is 6.42 Å². The smallest absolute Gasteiger partial charge is 0.264 e. The topological polar surface area (TPSA) is 98.8 Å². The molecular formula is C9H19NO6S2. The number of hydrogen-bond donors (Lipinski definition) is 1. The molecule has 1 aliphatic heterocycles. The standard InChI is InChI=1S/C9H19NO6S2/c1-17(11,12)15-4-3-8-5-10-6-9(8)7-16-18(2,13)14/h8-10H,3-7H2,1-2H3/t8-,9-/m1/s1. The summed E-state index contributed by atoms with van der Waals surface area (Å²) < 4.78 is 52.8. The third-order valence-corrected chi connectivity index (χ3v) is 3.92. The normalized spacial score (nSPS) is 25.4. The first kappa shape index (κ1) is 15.8. The fraction of sp³-hybridized carbons (Fsp3) is 1.00. The third-order valence-electron chi connectivity index (χ3n) is 2.76. The Balaban J connectivity index is 2.36. The summed E-state index contributed by atoms with van der Waals surface area (Å²) in [5.74, 6) is 0.219. The molecule has 0 bridgehead atoms. The Morgan fingerprint density at radius 1 is 1.00 bits per heavy atom. The molecule has 0 saturated carbocycles. The second-order valence-corrected chi connectivity index (χ2v) is 7.77. The molecular weight excluding hydrogens is 282 g/mol. The van der Waals surface area contributed by atoms with Crippen LogP contribution in [0, 0.1) is 11.8 Å². The lowest BCUT2D eigenvalue weighted by atomic mass is 9.94. The highest BCUT2D eigenvalue weighted by Gasteiger charge is 2.28. The molecule has 2 atom stereocenters. The zero-order valence-corrected chi connectivity index (χ0v) is 12.1. The molecule has 0 amide bonds. The first-order valence-corrected chi connectivity index (χ1v) is 9.20. The molecule has 1 aliphatic rings. The Morgan fingerprint density at radius 3 is 2.11 bits per heavy atom. The van der Waals surface area contributed by atoms with Crippen molar-refractivity contribution in [1.82, 2.24) is 5.32 Å². The molecule has 0 aromatic heterocycles. The van der Waals surface area contributed by atoms with E-state index < -0.39 is 20.2 Å². The van der Waals surface area contributed by atoms with Gasteiger partial charge in [-0.3, -0.25) is 8.37 Å². The van der Waals surface area contributed by atoms with E-state index >= 15 is 0 Å². The molecule has 18 heavy (non-hydrogen) atoms. The van der Waals surface area contributed by atoms with E-state index in [2.05, 4.69) is 9.50 Å². The summed E-state index contributed by atoms with van der Waals surface area (Å²) in [7, 11) is -6.85. The van der Waals surface area contributed by atoms with Crippen LogP contribution in [-0.4, -0.2) is 55.7 Å². The van der Waals surface area contributed by atoms with E-state index in [1.54, 1.807) is 0 Å². The maximum absolute atomic E-state index is 10.9. The summed E-state index contributed by atoms with van der Waals surface area (Å²) in [5, 5.41) is 3.13. The van der Waals surface area contributed by atoms with Gasteiger partial charge < -0.3 is 5.32 Å². The van der Waals surface area contributed by atoms with Crippen molar-refractivity contribution in [1.29, 1.82) is 0 Å².